The van der Waals surface area contributed by atoms with Gasteiger partial charge in [-0.3, -0.25) is 10.1 Å². The molecule has 2 aromatic carbocycles. The lowest BCUT2D eigenvalue weighted by atomic mass is 10.1. The minimum Gasteiger partial charge on any atom is -0.493 e. The average Bonchev–Trinajstić information content (AvgIpc) is 3.32. The summed E-state index contributed by atoms with van der Waals surface area (Å²) in [6.45, 7) is 2.33. The van der Waals surface area contributed by atoms with Gasteiger partial charge < -0.3 is 14.2 Å². The van der Waals surface area contributed by atoms with E-state index in [-0.39, 0.29) is 35.3 Å². The van der Waals surface area contributed by atoms with Gasteiger partial charge in [-0.05, 0) is 54.5 Å². The Labute approximate surface area is 212 Å². The van der Waals surface area contributed by atoms with Crippen LogP contribution in [-0.4, -0.2) is 36.4 Å². The molecule has 1 amide bonds. The van der Waals surface area contributed by atoms with Gasteiger partial charge in [-0.15, -0.1) is 10.2 Å². The predicted octanol–water partition coefficient (Wildman–Crippen LogP) is 5.53. The van der Waals surface area contributed by atoms with E-state index in [4.69, 9.17) is 25.8 Å². The van der Waals surface area contributed by atoms with Crippen molar-refractivity contribution in [1.29, 1.82) is 5.26 Å². The molecule has 0 fully saturated rings. The first kappa shape index (κ1) is 26.8. The molecule has 0 unspecified atom stereocenters. The first-order chi connectivity index (χ1) is 17.1. The molecule has 0 saturated carbocycles. The molecule has 3 rings (SSSR count). The second kappa shape index (κ2) is 11.7. The number of aryl methyl sites for hydroxylation is 1. The van der Waals surface area contributed by atoms with Gasteiger partial charge in [0.15, 0.2) is 11.5 Å². The maximum Gasteiger partial charge on any atom is 0.445 e. The number of halogens is 4. The van der Waals surface area contributed by atoms with E-state index in [9.17, 15) is 23.2 Å². The Hall–Kier alpha value is -3.82. The molecular formula is C23H18ClF3N4O4S. The third-order valence-corrected chi connectivity index (χ3v) is 5.80. The number of carbonyl (C=O) groups is 1. The quantitative estimate of drug-likeness (QED) is 0.217. The Morgan fingerprint density at radius 2 is 1.92 bits per heavy atom. The average molecular weight is 539 g/mol. The van der Waals surface area contributed by atoms with E-state index in [2.05, 4.69) is 15.5 Å². The third kappa shape index (κ3) is 7.10. The summed E-state index contributed by atoms with van der Waals surface area (Å²) < 4.78 is 54.6. The summed E-state index contributed by atoms with van der Waals surface area (Å²) in [5.41, 5.74) is 0.952. The zero-order valence-electron chi connectivity index (χ0n) is 18.9. The number of anilines is 1. The number of hydrogen-bond donors (Lipinski definition) is 1. The maximum atomic E-state index is 12.7. The van der Waals surface area contributed by atoms with Gasteiger partial charge in [0.25, 0.3) is 5.91 Å². The Morgan fingerprint density at radius 3 is 2.56 bits per heavy atom. The molecule has 13 heteroatoms. The van der Waals surface area contributed by atoms with Crippen LogP contribution in [0.1, 0.15) is 16.1 Å². The SMILES string of the molecule is COc1cc(/C=C(/C#N)C(=O)Nc2nnc(C(F)(F)F)s2)ccc1OCCOc1ccc(Cl)c(C)c1. The summed E-state index contributed by atoms with van der Waals surface area (Å²) >= 11 is 6.15. The van der Waals surface area contributed by atoms with Gasteiger partial charge in [-0.25, -0.2) is 0 Å². The number of hydrogen-bond acceptors (Lipinski definition) is 8. The smallest absolute Gasteiger partial charge is 0.445 e. The van der Waals surface area contributed by atoms with Crippen LogP contribution in [0.2, 0.25) is 5.02 Å². The lowest BCUT2D eigenvalue weighted by Gasteiger charge is -2.12. The van der Waals surface area contributed by atoms with Crippen molar-refractivity contribution in [2.75, 3.05) is 25.6 Å². The molecule has 36 heavy (non-hydrogen) atoms. The Morgan fingerprint density at radius 1 is 1.17 bits per heavy atom. The zero-order valence-corrected chi connectivity index (χ0v) is 20.4. The summed E-state index contributed by atoms with van der Waals surface area (Å²) in [4.78, 5) is 12.3. The van der Waals surface area contributed by atoms with Crippen molar-refractivity contribution >= 4 is 40.1 Å². The van der Waals surface area contributed by atoms with Crippen LogP contribution in [0.25, 0.3) is 6.08 Å². The molecular weight excluding hydrogens is 521 g/mol. The topological polar surface area (TPSA) is 106 Å². The highest BCUT2D eigenvalue weighted by Gasteiger charge is 2.35. The molecule has 188 valence electrons. The van der Waals surface area contributed by atoms with Gasteiger partial charge in [0.1, 0.15) is 30.6 Å². The largest absolute Gasteiger partial charge is 0.493 e. The molecule has 0 spiro atoms. The van der Waals surface area contributed by atoms with Gasteiger partial charge in [-0.2, -0.15) is 18.4 Å². The fraction of sp³-hybridized carbons (Fsp3) is 0.217. The van der Waals surface area contributed by atoms with Crippen LogP contribution >= 0.6 is 22.9 Å². The van der Waals surface area contributed by atoms with Gasteiger partial charge >= 0.3 is 6.18 Å². The molecule has 0 atom stereocenters. The Kier molecular flexibility index (Phi) is 8.73. The summed E-state index contributed by atoms with van der Waals surface area (Å²) in [5.74, 6) is 0.458. The van der Waals surface area contributed by atoms with E-state index in [1.807, 2.05) is 13.0 Å². The number of ether oxygens (including phenoxy) is 3. The molecule has 1 aromatic heterocycles. The van der Waals surface area contributed by atoms with Gasteiger partial charge in [0.05, 0.1) is 7.11 Å². The molecule has 1 N–H and O–H groups in total. The second-order valence-corrected chi connectivity index (χ2v) is 8.44. The highest BCUT2D eigenvalue weighted by Crippen LogP contribution is 2.33. The summed E-state index contributed by atoms with van der Waals surface area (Å²) in [5, 5.41) is 16.8. The molecule has 3 aromatic rings. The van der Waals surface area contributed by atoms with E-state index in [1.54, 1.807) is 30.3 Å². The number of aromatic nitrogens is 2. The molecule has 0 aliphatic rings. The molecule has 1 heterocycles. The highest BCUT2D eigenvalue weighted by molar-refractivity contribution is 7.15. The summed E-state index contributed by atoms with van der Waals surface area (Å²) in [7, 11) is 1.42. The minimum absolute atomic E-state index is 0.151. The van der Waals surface area contributed by atoms with Crippen LogP contribution in [0, 0.1) is 18.3 Å². The van der Waals surface area contributed by atoms with E-state index in [0.717, 1.165) is 5.56 Å². The number of rotatable bonds is 9. The first-order valence-corrected chi connectivity index (χ1v) is 11.3. The normalized spacial score (nSPS) is 11.5. The van der Waals surface area contributed by atoms with Crippen molar-refractivity contribution in [2.45, 2.75) is 13.1 Å². The molecule has 0 radical (unpaired) electrons. The number of nitrogens with one attached hydrogen (secondary N) is 1. The first-order valence-electron chi connectivity index (χ1n) is 10.1. The fourth-order valence-electron chi connectivity index (χ4n) is 2.78. The Bertz CT molecular complexity index is 1320. The number of carbonyl (C=O) groups excluding carboxylic acids is 1. The maximum absolute atomic E-state index is 12.7. The third-order valence-electron chi connectivity index (χ3n) is 4.49. The van der Waals surface area contributed by atoms with Crippen molar-refractivity contribution < 1.29 is 32.2 Å². The van der Waals surface area contributed by atoms with Crippen LogP contribution in [0.15, 0.2) is 42.0 Å². The number of alkyl halides is 3. The standard InChI is InChI=1S/C23H18ClF3N4O4S/c1-13-9-16(4-5-17(13)24)34-7-8-35-18-6-3-14(11-19(18)33-2)10-15(12-28)20(32)29-22-31-30-21(36-22)23(25,26)27/h3-6,9-11H,7-8H2,1-2H3,(H,29,31,32)/b15-10-. The lowest BCUT2D eigenvalue weighted by molar-refractivity contribution is -0.138. The number of amides is 1. The highest BCUT2D eigenvalue weighted by atomic mass is 35.5. The zero-order chi connectivity index (χ0) is 26.3. The van der Waals surface area contributed by atoms with Crippen molar-refractivity contribution in [3.05, 3.63) is 63.1 Å². The Balaban J connectivity index is 1.63. The molecule has 0 saturated heterocycles. The predicted molar refractivity (Wildman–Crippen MR) is 127 cm³/mol. The summed E-state index contributed by atoms with van der Waals surface area (Å²) in [6, 6.07) is 11.7. The number of methoxy groups -OCH3 is 1. The van der Waals surface area contributed by atoms with Gasteiger partial charge in [-0.1, -0.05) is 29.0 Å². The molecule has 8 nitrogen and oxygen atoms in total. The number of nitrogens with zero attached hydrogens (tertiary/aromatic N) is 3. The lowest BCUT2D eigenvalue weighted by Crippen LogP contribution is -2.13. The van der Waals surface area contributed by atoms with E-state index < -0.39 is 17.1 Å². The second-order valence-electron chi connectivity index (χ2n) is 7.05. The summed E-state index contributed by atoms with van der Waals surface area (Å²) in [6.07, 6.45) is -3.44. The monoisotopic (exact) mass is 538 g/mol. The van der Waals surface area contributed by atoms with E-state index >= 15 is 0 Å². The van der Waals surface area contributed by atoms with Crippen molar-refractivity contribution in [2.24, 2.45) is 0 Å². The van der Waals surface area contributed by atoms with Crippen LogP contribution in [0.4, 0.5) is 18.3 Å². The van der Waals surface area contributed by atoms with Gasteiger partial charge in [0.2, 0.25) is 10.1 Å². The van der Waals surface area contributed by atoms with Crippen molar-refractivity contribution in [3.63, 3.8) is 0 Å². The van der Waals surface area contributed by atoms with Crippen molar-refractivity contribution in [3.8, 4) is 23.3 Å². The van der Waals surface area contributed by atoms with Crippen LogP contribution < -0.4 is 19.5 Å². The van der Waals surface area contributed by atoms with Crippen LogP contribution in [0.5, 0.6) is 17.2 Å². The fourth-order valence-corrected chi connectivity index (χ4v) is 3.50. The minimum atomic E-state index is -4.68. The number of benzene rings is 2. The van der Waals surface area contributed by atoms with E-state index in [0.29, 0.717) is 27.8 Å². The van der Waals surface area contributed by atoms with Crippen LogP contribution in [0.3, 0.4) is 0 Å². The number of nitriles is 1. The van der Waals surface area contributed by atoms with Crippen molar-refractivity contribution in [1.82, 2.24) is 10.2 Å². The molecule has 0 bridgehead atoms. The molecule has 0 aliphatic heterocycles. The van der Waals surface area contributed by atoms with Gasteiger partial charge in [0, 0.05) is 5.02 Å². The van der Waals surface area contributed by atoms with Crippen LogP contribution in [-0.2, 0) is 11.0 Å². The molecule has 0 aliphatic carbocycles. The van der Waals surface area contributed by atoms with E-state index in [1.165, 1.54) is 19.3 Å².